The van der Waals surface area contributed by atoms with Crippen molar-refractivity contribution >= 4 is 59.0 Å². The van der Waals surface area contributed by atoms with Crippen LogP contribution < -0.4 is 36.9 Å². The molecule has 1 saturated heterocycles. The van der Waals surface area contributed by atoms with Gasteiger partial charge < -0.3 is 51.4 Å². The number of primary amides is 1. The van der Waals surface area contributed by atoms with Gasteiger partial charge in [0.15, 0.2) is 11.5 Å². The number of aliphatic carboxylic acids is 1. The predicted molar refractivity (Wildman–Crippen MR) is 316 cm³/mol. The number of likely N-dealkylation sites (tertiary alicyclic amines) is 1. The fraction of sp³-hybridized carbons (Fsp3) is 0.617. The molecule has 0 spiro atoms. The highest BCUT2D eigenvalue weighted by molar-refractivity contribution is 8.00. The van der Waals surface area contributed by atoms with Gasteiger partial charge in [0.25, 0.3) is 11.8 Å². The highest BCUT2D eigenvalue weighted by Gasteiger charge is 2.62. The average molecular weight is 1170 g/mol. The van der Waals surface area contributed by atoms with Crippen LogP contribution >= 0.6 is 11.8 Å². The Morgan fingerprint density at radius 1 is 0.880 bits per heavy atom. The van der Waals surface area contributed by atoms with Gasteiger partial charge in [-0.3, -0.25) is 43.8 Å². The molecule has 3 aromatic rings. The van der Waals surface area contributed by atoms with Gasteiger partial charge in [-0.1, -0.05) is 26.3 Å². The number of ether oxygens (including phenoxy) is 2. The lowest BCUT2D eigenvalue weighted by atomic mass is 9.48. The Kier molecular flexibility index (Phi) is 21.8. The van der Waals surface area contributed by atoms with Gasteiger partial charge in [0, 0.05) is 57.9 Å². The van der Waals surface area contributed by atoms with Gasteiger partial charge in [-0.05, 0) is 163 Å². The van der Waals surface area contributed by atoms with Crippen molar-refractivity contribution in [2.45, 2.75) is 120 Å². The Morgan fingerprint density at radius 2 is 1.53 bits per heavy atom. The van der Waals surface area contributed by atoms with Crippen molar-refractivity contribution in [2.24, 2.45) is 35.1 Å². The summed E-state index contributed by atoms with van der Waals surface area (Å²) in [7, 11) is 10.2. The Morgan fingerprint density at radius 3 is 2.12 bits per heavy atom. The number of hydrogen-bond acceptors (Lipinski definition) is 16. The smallest absolute Gasteiger partial charge is 0.330 e. The normalized spacial score (nSPS) is 21.7. The molecule has 5 fully saturated rings. The SMILES string of the molecule is [2H]NCCCCC(NC)C(=O)CNC(CSC1CC(=O)N(CCC(=O)N(C)CCCN(C)CCCN(C)C(=O)c2ccc(-n3nc(C(=O)NC4(C(=O)O)C5CC6CC(C5)CC4C6)cc3-c3c(OC)cccc3OC)c(C(C)C)c2)C1=O)C(N)=O. The number of aromatic nitrogens is 2. The third-order valence-corrected chi connectivity index (χ3v) is 18.7. The molecule has 3 atom stereocenters. The topological polar surface area (TPSA) is 294 Å². The molecular weight excluding hydrogens is 1080 g/mol. The molecule has 22 nitrogen and oxygen atoms in total. The number of thioether (sulfide) groups is 1. The number of methoxy groups -OCH3 is 2. The number of carboxylic acids is 1. The molecule has 1 aliphatic heterocycles. The van der Waals surface area contributed by atoms with E-state index in [0.717, 1.165) is 67.2 Å². The van der Waals surface area contributed by atoms with E-state index in [1.54, 1.807) is 80.2 Å². The van der Waals surface area contributed by atoms with Crippen LogP contribution in [0.25, 0.3) is 16.9 Å². The Hall–Kier alpha value is -6.40. The molecule has 23 heteroatoms. The second-order valence-corrected chi connectivity index (χ2v) is 24.6. The standard InChI is InChI=1S/C60H87N11O11S/c1-36(2)42-31-39(17-18-46(42)71-47(54-49(81-7)15-11-16-50(54)82-8)32-44(66-71)56(76)65-60(59(79)80)40-27-37-26-38(29-40)30-41(60)28-37)57(77)69(6)24-13-22-67(4)21-12-23-68(5)52(73)19-25-70-53(74)33-51(58(70)78)83-35-45(55(62)75)64-34-48(72)43(63-3)14-9-10-20-61/h11,15-18,31-32,36-38,40-41,43,45,51,63-64H,9-10,12-14,19-30,33-35,61H2,1-8H3,(H2,62,75)(H,65,76)(H,79,80)/i/hD. The van der Waals surface area contributed by atoms with Gasteiger partial charge in [0.1, 0.15) is 18.4 Å². The van der Waals surface area contributed by atoms with E-state index in [0.29, 0.717) is 97.8 Å². The van der Waals surface area contributed by atoms with E-state index in [4.69, 9.17) is 21.7 Å². The number of nitrogens with zero attached hydrogens (tertiary/aromatic N) is 6. The number of hydrogen-bond donors (Lipinski definition) is 6. The van der Waals surface area contributed by atoms with Crippen molar-refractivity contribution in [2.75, 3.05) is 94.0 Å². The highest BCUT2D eigenvalue weighted by atomic mass is 32.2. The zero-order valence-electron chi connectivity index (χ0n) is 50.5. The van der Waals surface area contributed by atoms with Gasteiger partial charge in [0.2, 0.25) is 23.6 Å². The molecule has 2 aromatic carbocycles. The van der Waals surface area contributed by atoms with E-state index in [1.807, 2.05) is 33.0 Å². The molecule has 1 aromatic heterocycles. The lowest BCUT2D eigenvalue weighted by Crippen LogP contribution is -2.70. The first-order valence-electron chi connectivity index (χ1n) is 29.7. The molecule has 6 amide bonds. The summed E-state index contributed by atoms with van der Waals surface area (Å²) in [5, 5.41) is 24.0. The maximum Gasteiger partial charge on any atom is 0.330 e. The molecule has 4 bridgehead atoms. The van der Waals surface area contributed by atoms with Gasteiger partial charge in [-0.15, -0.1) is 11.8 Å². The first-order valence-corrected chi connectivity index (χ1v) is 30.2. The number of likely N-dealkylation sites (N-methyl/N-ethyl adjacent to an activating group) is 1. The molecule has 8 N–H and O–H groups in total. The minimum absolute atomic E-state index is 0.0389. The summed E-state index contributed by atoms with van der Waals surface area (Å²) < 4.78 is 20.4. The number of amides is 6. The monoisotopic (exact) mass is 1170 g/mol. The predicted octanol–water partition coefficient (Wildman–Crippen LogP) is 3.91. The average Bonchev–Trinajstić information content (AvgIpc) is 0.991. The molecule has 0 radical (unpaired) electrons. The fourth-order valence-electron chi connectivity index (χ4n) is 13.0. The van der Waals surface area contributed by atoms with Crippen molar-refractivity contribution in [3.63, 3.8) is 0 Å². The molecule has 2 heterocycles. The van der Waals surface area contributed by atoms with E-state index in [-0.39, 0.29) is 72.7 Å². The van der Waals surface area contributed by atoms with Crippen LogP contribution in [0.2, 0.25) is 1.41 Å². The van der Waals surface area contributed by atoms with Crippen LogP contribution in [0.1, 0.15) is 123 Å². The lowest BCUT2D eigenvalue weighted by molar-refractivity contribution is -0.163. The molecule has 3 unspecified atom stereocenters. The van der Waals surface area contributed by atoms with Crippen LogP contribution in [0.5, 0.6) is 11.5 Å². The van der Waals surface area contributed by atoms with Crippen molar-refractivity contribution in [1.82, 2.24) is 45.3 Å². The Labute approximate surface area is 493 Å². The van der Waals surface area contributed by atoms with Crippen LogP contribution in [0.3, 0.4) is 0 Å². The van der Waals surface area contributed by atoms with Crippen LogP contribution in [0.4, 0.5) is 0 Å². The van der Waals surface area contributed by atoms with E-state index >= 15 is 0 Å². The number of ketones is 1. The number of rotatable bonds is 34. The maximum atomic E-state index is 14.5. The summed E-state index contributed by atoms with van der Waals surface area (Å²) >= 11 is 1.12. The molecule has 4 aliphatic carbocycles. The third kappa shape index (κ3) is 14.9. The third-order valence-electron chi connectivity index (χ3n) is 17.4. The van der Waals surface area contributed by atoms with Gasteiger partial charge in [0.05, 0.1) is 55.0 Å². The summed E-state index contributed by atoms with van der Waals surface area (Å²) in [5.41, 5.74) is 9.55. The summed E-state index contributed by atoms with van der Waals surface area (Å²) in [4.78, 5) is 113. The maximum absolute atomic E-state index is 14.5. The number of carbonyl (C=O) groups excluding carboxylic acids is 7. The first kappa shape index (κ1) is 62.6. The molecular formula is C60H87N11O11S. The number of unbranched alkanes of at least 4 members (excludes halogenated alkanes) is 1. The van der Waals surface area contributed by atoms with Crippen LogP contribution in [-0.2, 0) is 28.8 Å². The van der Waals surface area contributed by atoms with E-state index in [1.165, 1.54) is 0 Å². The first-order chi connectivity index (χ1) is 40.1. The number of nitrogens with one attached hydrogen (secondary N) is 3. The zero-order chi connectivity index (χ0) is 61.0. The second-order valence-electron chi connectivity index (χ2n) is 23.3. The Bertz CT molecular complexity index is 2820. The van der Waals surface area contributed by atoms with E-state index in [9.17, 15) is 43.5 Å². The lowest BCUT2D eigenvalue weighted by Gasteiger charge is -2.59. The summed E-state index contributed by atoms with van der Waals surface area (Å²) in [5.74, 6) is -2.01. The Balaban J connectivity index is 0.893. The number of carbonyl (C=O) groups is 8. The van der Waals surface area contributed by atoms with Gasteiger partial charge in [-0.2, -0.15) is 5.10 Å². The van der Waals surface area contributed by atoms with Crippen LogP contribution in [-0.4, -0.2) is 199 Å². The van der Waals surface area contributed by atoms with Gasteiger partial charge >= 0.3 is 5.97 Å². The highest BCUT2D eigenvalue weighted by Crippen LogP contribution is 2.58. The minimum atomic E-state index is -1.38. The number of benzene rings is 2. The summed E-state index contributed by atoms with van der Waals surface area (Å²) in [6.45, 7) is 6.66. The molecule has 83 heavy (non-hydrogen) atoms. The number of imide groups is 1. The fourth-order valence-corrected chi connectivity index (χ4v) is 14.2. The number of carboxylic acid groups (broad SMARTS) is 1. The largest absolute Gasteiger partial charge is 0.496 e. The molecule has 4 saturated carbocycles. The minimum Gasteiger partial charge on any atom is -0.496 e. The van der Waals surface area contributed by atoms with Gasteiger partial charge in [-0.25, -0.2) is 9.48 Å². The summed E-state index contributed by atoms with van der Waals surface area (Å²) in [6.07, 6.45) is 7.54. The number of Topliss-reactive ketones (excluding diaryl/α,β-unsaturated/α-hetero) is 1. The molecule has 5 aliphatic rings. The number of nitrogens with two attached hydrogens (primary N) is 2. The van der Waals surface area contributed by atoms with Crippen LogP contribution in [0.15, 0.2) is 42.5 Å². The molecule has 8 rings (SSSR count). The van der Waals surface area contributed by atoms with Crippen LogP contribution in [0, 0.1) is 23.7 Å². The van der Waals surface area contributed by atoms with Crippen molar-refractivity contribution < 1.29 is 54.3 Å². The zero-order valence-corrected chi connectivity index (χ0v) is 50.3. The van der Waals surface area contributed by atoms with Crippen molar-refractivity contribution in [1.29, 1.82) is 0 Å². The molecule has 454 valence electrons. The summed E-state index contributed by atoms with van der Waals surface area (Å²) in [6, 6.07) is 11.1. The van der Waals surface area contributed by atoms with E-state index in [2.05, 4.69) is 26.6 Å². The van der Waals surface area contributed by atoms with E-state index < -0.39 is 52.5 Å². The van der Waals surface area contributed by atoms with Crippen molar-refractivity contribution in [3.8, 4) is 28.4 Å². The second kappa shape index (κ2) is 28.9. The van der Waals surface area contributed by atoms with Crippen molar-refractivity contribution in [3.05, 3.63) is 59.3 Å². The quantitative estimate of drug-likeness (QED) is 0.0365.